The quantitative estimate of drug-likeness (QED) is 0.840. The number of nitrogens with one attached hydrogen (secondary N) is 1. The lowest BCUT2D eigenvalue weighted by Crippen LogP contribution is -2.06. The highest BCUT2D eigenvalue weighted by molar-refractivity contribution is 7.71. The molecule has 6 heteroatoms. The number of nitrogens with zero attached hydrogens (tertiary/aromatic N) is 2. The van der Waals surface area contributed by atoms with Gasteiger partial charge in [-0.3, -0.25) is 9.67 Å². The molecular formula is C12H14FN3OS. The Balaban J connectivity index is 2.57. The number of aromatic nitrogens is 3. The second kappa shape index (κ2) is 4.89. The van der Waals surface area contributed by atoms with Gasteiger partial charge in [-0.25, -0.2) is 4.39 Å². The molecule has 0 radical (unpaired) electrons. The highest BCUT2D eigenvalue weighted by Crippen LogP contribution is 2.28. The largest absolute Gasteiger partial charge is 0.507 e. The zero-order valence-electron chi connectivity index (χ0n) is 10.1. The lowest BCUT2D eigenvalue weighted by Gasteiger charge is -2.10. The second-order valence-corrected chi connectivity index (χ2v) is 4.90. The average molecular weight is 267 g/mol. The summed E-state index contributed by atoms with van der Waals surface area (Å²) in [5, 5.41) is 16.5. The fourth-order valence-electron chi connectivity index (χ4n) is 1.75. The molecule has 2 aromatic rings. The summed E-state index contributed by atoms with van der Waals surface area (Å²) in [7, 11) is 0. The van der Waals surface area contributed by atoms with Crippen LogP contribution in [0.3, 0.4) is 0 Å². The number of aromatic hydroxyl groups is 1. The van der Waals surface area contributed by atoms with Gasteiger partial charge in [-0.2, -0.15) is 5.10 Å². The highest BCUT2D eigenvalue weighted by atomic mass is 32.1. The number of H-pyrrole nitrogens is 1. The molecule has 0 aliphatic heterocycles. The van der Waals surface area contributed by atoms with Crippen molar-refractivity contribution in [2.75, 3.05) is 0 Å². The van der Waals surface area contributed by atoms with Crippen LogP contribution >= 0.6 is 12.2 Å². The molecule has 1 heterocycles. The van der Waals surface area contributed by atoms with Crippen LogP contribution in [0, 0.1) is 16.5 Å². The van der Waals surface area contributed by atoms with Crippen LogP contribution in [-0.2, 0) is 6.54 Å². The minimum Gasteiger partial charge on any atom is -0.507 e. The maximum absolute atomic E-state index is 13.2. The molecule has 2 rings (SSSR count). The summed E-state index contributed by atoms with van der Waals surface area (Å²) in [5.41, 5.74) is 0.336. The summed E-state index contributed by atoms with van der Waals surface area (Å²) in [4.78, 5) is 0. The fourth-order valence-corrected chi connectivity index (χ4v) is 1.95. The number of hydrogen-bond acceptors (Lipinski definition) is 3. The van der Waals surface area contributed by atoms with E-state index in [2.05, 4.69) is 10.2 Å². The van der Waals surface area contributed by atoms with Gasteiger partial charge in [0.25, 0.3) is 0 Å². The minimum atomic E-state index is -0.423. The van der Waals surface area contributed by atoms with Crippen molar-refractivity contribution in [3.63, 3.8) is 0 Å². The molecule has 96 valence electrons. The molecule has 0 amide bonds. The number of hydrogen-bond donors (Lipinski definition) is 2. The molecule has 0 saturated carbocycles. The Morgan fingerprint density at radius 2 is 2.22 bits per heavy atom. The Morgan fingerprint density at radius 3 is 2.89 bits per heavy atom. The summed E-state index contributed by atoms with van der Waals surface area (Å²) in [6.07, 6.45) is 0. The predicted molar refractivity (Wildman–Crippen MR) is 69.3 cm³/mol. The lowest BCUT2D eigenvalue weighted by atomic mass is 10.1. The summed E-state index contributed by atoms with van der Waals surface area (Å²) in [6.45, 7) is 4.74. The van der Waals surface area contributed by atoms with Crippen LogP contribution in [0.5, 0.6) is 5.75 Å². The molecule has 0 saturated heterocycles. The van der Waals surface area contributed by atoms with Gasteiger partial charge < -0.3 is 5.11 Å². The van der Waals surface area contributed by atoms with Gasteiger partial charge in [-0.1, -0.05) is 13.8 Å². The normalized spacial score (nSPS) is 11.1. The Hall–Kier alpha value is -1.69. The Labute approximate surface area is 109 Å². The van der Waals surface area contributed by atoms with E-state index in [1.165, 1.54) is 18.2 Å². The number of halogens is 1. The SMILES string of the molecule is CC(C)Cn1c(-c2cc(F)ccc2O)n[nH]c1=S. The predicted octanol–water partition coefficient (Wildman–Crippen LogP) is 3.11. The van der Waals surface area contributed by atoms with E-state index >= 15 is 0 Å². The molecule has 0 fully saturated rings. The number of aromatic amines is 1. The molecular weight excluding hydrogens is 253 g/mol. The second-order valence-electron chi connectivity index (χ2n) is 4.52. The molecule has 0 unspecified atom stereocenters. The van der Waals surface area contributed by atoms with E-state index in [-0.39, 0.29) is 5.75 Å². The van der Waals surface area contributed by atoms with Crippen molar-refractivity contribution in [2.45, 2.75) is 20.4 Å². The lowest BCUT2D eigenvalue weighted by molar-refractivity contribution is 0.472. The van der Waals surface area contributed by atoms with Crippen molar-refractivity contribution in [3.05, 3.63) is 28.8 Å². The van der Waals surface area contributed by atoms with Gasteiger partial charge in [-0.05, 0) is 36.3 Å². The Kier molecular flexibility index (Phi) is 3.47. The maximum Gasteiger partial charge on any atom is 0.195 e. The summed E-state index contributed by atoms with van der Waals surface area (Å²) in [6, 6.07) is 3.76. The first-order valence-electron chi connectivity index (χ1n) is 5.63. The van der Waals surface area contributed by atoms with Crippen LogP contribution in [0.1, 0.15) is 13.8 Å². The van der Waals surface area contributed by atoms with Crippen molar-refractivity contribution in [1.82, 2.24) is 14.8 Å². The monoisotopic (exact) mass is 267 g/mol. The smallest absolute Gasteiger partial charge is 0.195 e. The van der Waals surface area contributed by atoms with E-state index in [9.17, 15) is 9.50 Å². The molecule has 0 atom stereocenters. The van der Waals surface area contributed by atoms with Gasteiger partial charge in [-0.15, -0.1) is 0 Å². The molecule has 4 nitrogen and oxygen atoms in total. The Bertz CT molecular complexity index is 618. The van der Waals surface area contributed by atoms with Crippen molar-refractivity contribution in [3.8, 4) is 17.1 Å². The van der Waals surface area contributed by atoms with Crippen LogP contribution in [-0.4, -0.2) is 19.9 Å². The third kappa shape index (κ3) is 2.43. The number of benzene rings is 1. The summed E-state index contributed by atoms with van der Waals surface area (Å²) < 4.78 is 15.5. The first kappa shape index (κ1) is 12.8. The third-order valence-corrected chi connectivity index (χ3v) is 2.82. The van der Waals surface area contributed by atoms with Gasteiger partial charge in [0.05, 0.1) is 5.56 Å². The summed E-state index contributed by atoms with van der Waals surface area (Å²) >= 11 is 5.14. The van der Waals surface area contributed by atoms with E-state index in [4.69, 9.17) is 12.2 Å². The molecule has 18 heavy (non-hydrogen) atoms. The number of phenolic OH excluding ortho intramolecular Hbond substituents is 1. The zero-order chi connectivity index (χ0) is 13.3. The molecule has 2 N–H and O–H groups in total. The van der Waals surface area contributed by atoms with Crippen LogP contribution in [0.15, 0.2) is 18.2 Å². The molecule has 0 spiro atoms. The van der Waals surface area contributed by atoms with Gasteiger partial charge in [0.2, 0.25) is 0 Å². The Morgan fingerprint density at radius 1 is 1.50 bits per heavy atom. The zero-order valence-corrected chi connectivity index (χ0v) is 11.0. The van der Waals surface area contributed by atoms with E-state index in [1.807, 2.05) is 13.8 Å². The van der Waals surface area contributed by atoms with Gasteiger partial charge in [0.15, 0.2) is 10.6 Å². The molecule has 0 aliphatic rings. The average Bonchev–Trinajstić information content (AvgIpc) is 2.64. The van der Waals surface area contributed by atoms with Crippen LogP contribution in [0.2, 0.25) is 0 Å². The van der Waals surface area contributed by atoms with Crippen molar-refractivity contribution >= 4 is 12.2 Å². The molecule has 1 aromatic carbocycles. The molecule has 0 bridgehead atoms. The van der Waals surface area contributed by atoms with Crippen LogP contribution in [0.4, 0.5) is 4.39 Å². The number of rotatable bonds is 3. The summed E-state index contributed by atoms with van der Waals surface area (Å²) in [5.74, 6) is 0.373. The maximum atomic E-state index is 13.2. The highest BCUT2D eigenvalue weighted by Gasteiger charge is 2.14. The van der Waals surface area contributed by atoms with Crippen molar-refractivity contribution in [1.29, 1.82) is 0 Å². The topological polar surface area (TPSA) is 53.8 Å². The van der Waals surface area contributed by atoms with Crippen molar-refractivity contribution < 1.29 is 9.50 Å². The van der Waals surface area contributed by atoms with E-state index in [0.717, 1.165) is 0 Å². The van der Waals surface area contributed by atoms with Gasteiger partial charge >= 0.3 is 0 Å². The number of phenols is 1. The van der Waals surface area contributed by atoms with E-state index < -0.39 is 5.82 Å². The first-order valence-corrected chi connectivity index (χ1v) is 6.04. The van der Waals surface area contributed by atoms with Crippen molar-refractivity contribution in [2.24, 2.45) is 5.92 Å². The van der Waals surface area contributed by atoms with E-state index in [1.54, 1.807) is 4.57 Å². The first-order chi connectivity index (χ1) is 8.49. The van der Waals surface area contributed by atoms with Crippen LogP contribution in [0.25, 0.3) is 11.4 Å². The fraction of sp³-hybridized carbons (Fsp3) is 0.333. The van der Waals surface area contributed by atoms with Crippen LogP contribution < -0.4 is 0 Å². The standard InChI is InChI=1S/C12H14FN3OS/c1-7(2)6-16-11(14-15-12(16)18)9-5-8(13)3-4-10(9)17/h3-5,7,17H,6H2,1-2H3,(H,15,18). The van der Waals surface area contributed by atoms with Gasteiger partial charge in [0, 0.05) is 6.54 Å². The van der Waals surface area contributed by atoms with Gasteiger partial charge in [0.1, 0.15) is 11.6 Å². The third-order valence-electron chi connectivity index (χ3n) is 2.51. The molecule has 0 aliphatic carbocycles. The van der Waals surface area contributed by atoms with E-state index in [0.29, 0.717) is 28.6 Å². The molecule has 1 aromatic heterocycles. The minimum absolute atomic E-state index is 0.0181.